The number of ether oxygens (including phenoxy) is 3. The third kappa shape index (κ3) is 4.61. The first-order chi connectivity index (χ1) is 10.0. The number of halogens is 2. The molecule has 1 rings (SSSR count). The third-order valence-corrected chi connectivity index (χ3v) is 2.58. The summed E-state index contributed by atoms with van der Waals surface area (Å²) in [6, 6.07) is 3.33. The van der Waals surface area contributed by atoms with Crippen LogP contribution in [0.4, 0.5) is 8.78 Å². The number of carbonyl (C=O) groups is 1. The maximum absolute atomic E-state index is 12.4. The first kappa shape index (κ1) is 16.7. The fourth-order valence-corrected chi connectivity index (χ4v) is 1.68. The number of alkyl halides is 2. The van der Waals surface area contributed by atoms with Crippen molar-refractivity contribution in [3.8, 4) is 23.8 Å². The van der Waals surface area contributed by atoms with Crippen molar-refractivity contribution >= 4 is 5.97 Å². The van der Waals surface area contributed by atoms with Gasteiger partial charge in [0.15, 0.2) is 11.5 Å². The molecule has 0 aliphatic heterocycles. The van der Waals surface area contributed by atoms with Crippen LogP contribution in [0.5, 0.6) is 11.5 Å². The Morgan fingerprint density at radius 3 is 2.62 bits per heavy atom. The highest BCUT2D eigenvalue weighted by atomic mass is 19.3. The zero-order chi connectivity index (χ0) is 15.8. The van der Waals surface area contributed by atoms with Crippen LogP contribution in [0.2, 0.25) is 0 Å². The van der Waals surface area contributed by atoms with Gasteiger partial charge in [-0.05, 0) is 17.7 Å². The maximum Gasteiger partial charge on any atom is 0.387 e. The monoisotopic (exact) mass is 299 g/mol. The van der Waals surface area contributed by atoms with Gasteiger partial charge in [-0.15, -0.1) is 6.42 Å². The Morgan fingerprint density at radius 2 is 2.10 bits per heavy atom. The molecule has 21 heavy (non-hydrogen) atoms. The second-order valence-corrected chi connectivity index (χ2v) is 3.83. The molecule has 7 heteroatoms. The SMILES string of the molecule is C#CCNC(C(=O)OC)c1ccc(OC)c(OC(F)F)c1. The second kappa shape index (κ2) is 8.07. The van der Waals surface area contributed by atoms with Crippen LogP contribution in [0.3, 0.4) is 0 Å². The lowest BCUT2D eigenvalue weighted by molar-refractivity contribution is -0.143. The summed E-state index contributed by atoms with van der Waals surface area (Å²) in [5.74, 6) is 1.67. The summed E-state index contributed by atoms with van der Waals surface area (Å²) in [6.07, 6.45) is 5.13. The number of rotatable bonds is 7. The molecule has 0 fully saturated rings. The van der Waals surface area contributed by atoms with E-state index in [1.807, 2.05) is 0 Å². The first-order valence-electron chi connectivity index (χ1n) is 5.90. The highest BCUT2D eigenvalue weighted by molar-refractivity contribution is 5.78. The highest BCUT2D eigenvalue weighted by Gasteiger charge is 2.22. The number of esters is 1. The van der Waals surface area contributed by atoms with Crippen molar-refractivity contribution in [2.24, 2.45) is 0 Å². The lowest BCUT2D eigenvalue weighted by Crippen LogP contribution is -2.30. The minimum absolute atomic E-state index is 0.108. The smallest absolute Gasteiger partial charge is 0.387 e. The van der Waals surface area contributed by atoms with Crippen molar-refractivity contribution in [3.05, 3.63) is 23.8 Å². The molecule has 1 unspecified atom stereocenters. The van der Waals surface area contributed by atoms with Crippen molar-refractivity contribution < 1.29 is 27.8 Å². The average Bonchev–Trinajstić information content (AvgIpc) is 2.47. The molecule has 0 spiro atoms. The van der Waals surface area contributed by atoms with E-state index in [1.165, 1.54) is 32.4 Å². The number of terminal acetylenes is 1. The average molecular weight is 299 g/mol. The molecular formula is C14H15F2NO4. The fourth-order valence-electron chi connectivity index (χ4n) is 1.68. The Bertz CT molecular complexity index is 528. The lowest BCUT2D eigenvalue weighted by atomic mass is 10.1. The molecule has 0 aromatic heterocycles. The lowest BCUT2D eigenvalue weighted by Gasteiger charge is -2.17. The molecular weight excluding hydrogens is 284 g/mol. The van der Waals surface area contributed by atoms with Gasteiger partial charge >= 0.3 is 12.6 Å². The molecule has 1 aromatic carbocycles. The van der Waals surface area contributed by atoms with Crippen molar-refractivity contribution in [2.45, 2.75) is 12.7 Å². The van der Waals surface area contributed by atoms with Crippen molar-refractivity contribution in [1.82, 2.24) is 5.32 Å². The summed E-state index contributed by atoms with van der Waals surface area (Å²) in [7, 11) is 2.54. The minimum atomic E-state index is -3.01. The van der Waals surface area contributed by atoms with E-state index in [0.717, 1.165) is 0 Å². The van der Waals surface area contributed by atoms with E-state index in [0.29, 0.717) is 5.56 Å². The number of hydrogen-bond acceptors (Lipinski definition) is 5. The van der Waals surface area contributed by atoms with Gasteiger partial charge in [-0.3, -0.25) is 5.32 Å². The molecule has 0 saturated carbocycles. The van der Waals surface area contributed by atoms with E-state index < -0.39 is 18.6 Å². The number of benzene rings is 1. The summed E-state index contributed by atoms with van der Waals surface area (Å²) >= 11 is 0. The van der Waals surface area contributed by atoms with Crippen LogP contribution >= 0.6 is 0 Å². The van der Waals surface area contributed by atoms with Gasteiger partial charge in [0.2, 0.25) is 0 Å². The van der Waals surface area contributed by atoms with Crippen molar-refractivity contribution in [3.63, 3.8) is 0 Å². The van der Waals surface area contributed by atoms with E-state index in [-0.39, 0.29) is 18.0 Å². The quantitative estimate of drug-likeness (QED) is 0.614. The van der Waals surface area contributed by atoms with E-state index in [4.69, 9.17) is 11.2 Å². The zero-order valence-electron chi connectivity index (χ0n) is 11.6. The van der Waals surface area contributed by atoms with Gasteiger partial charge in [0, 0.05) is 0 Å². The maximum atomic E-state index is 12.4. The van der Waals surface area contributed by atoms with Crippen molar-refractivity contribution in [1.29, 1.82) is 0 Å². The molecule has 1 aromatic rings. The minimum Gasteiger partial charge on any atom is -0.493 e. The predicted molar refractivity (Wildman–Crippen MR) is 71.2 cm³/mol. The van der Waals surface area contributed by atoms with Gasteiger partial charge in [-0.1, -0.05) is 12.0 Å². The summed E-state index contributed by atoms with van der Waals surface area (Å²) in [4.78, 5) is 11.7. The van der Waals surface area contributed by atoms with E-state index in [9.17, 15) is 13.6 Å². The Labute approximate surface area is 121 Å². The van der Waals surface area contributed by atoms with Gasteiger partial charge in [0.1, 0.15) is 6.04 Å². The molecule has 0 saturated heterocycles. The van der Waals surface area contributed by atoms with Crippen molar-refractivity contribution in [2.75, 3.05) is 20.8 Å². The van der Waals surface area contributed by atoms with Crippen LogP contribution in [0.1, 0.15) is 11.6 Å². The largest absolute Gasteiger partial charge is 0.493 e. The van der Waals surface area contributed by atoms with Crippen LogP contribution in [0, 0.1) is 12.3 Å². The Balaban J connectivity index is 3.13. The van der Waals surface area contributed by atoms with E-state index in [1.54, 1.807) is 0 Å². The van der Waals surface area contributed by atoms with Crippen LogP contribution in [-0.4, -0.2) is 33.3 Å². The summed E-state index contributed by atoms with van der Waals surface area (Å²) in [6.45, 7) is -2.90. The first-order valence-corrected chi connectivity index (χ1v) is 5.90. The topological polar surface area (TPSA) is 56.8 Å². The summed E-state index contributed by atoms with van der Waals surface area (Å²) in [5, 5.41) is 2.76. The standard InChI is InChI=1S/C14H15F2NO4/c1-4-7-17-12(13(18)20-3)9-5-6-10(19-2)11(8-9)21-14(15)16/h1,5-6,8,12,14,17H,7H2,2-3H3. The van der Waals surface area contributed by atoms with Gasteiger partial charge in [-0.2, -0.15) is 8.78 Å². The molecule has 0 radical (unpaired) electrons. The number of nitrogens with one attached hydrogen (secondary N) is 1. The molecule has 0 aliphatic carbocycles. The molecule has 0 amide bonds. The molecule has 5 nitrogen and oxygen atoms in total. The van der Waals surface area contributed by atoms with Crippen LogP contribution < -0.4 is 14.8 Å². The van der Waals surface area contributed by atoms with Gasteiger partial charge in [0.25, 0.3) is 0 Å². The summed E-state index contributed by atoms with van der Waals surface area (Å²) in [5.41, 5.74) is 0.369. The molecule has 1 atom stereocenters. The molecule has 1 N–H and O–H groups in total. The molecule has 0 aliphatic rings. The normalized spacial score (nSPS) is 11.6. The number of methoxy groups -OCH3 is 2. The van der Waals surface area contributed by atoms with Crippen LogP contribution in [0.15, 0.2) is 18.2 Å². The van der Waals surface area contributed by atoms with Gasteiger partial charge < -0.3 is 14.2 Å². The Morgan fingerprint density at radius 1 is 1.38 bits per heavy atom. The highest BCUT2D eigenvalue weighted by Crippen LogP contribution is 2.31. The third-order valence-electron chi connectivity index (χ3n) is 2.58. The van der Waals surface area contributed by atoms with Gasteiger partial charge in [-0.25, -0.2) is 4.79 Å². The molecule has 114 valence electrons. The molecule has 0 heterocycles. The molecule has 0 bridgehead atoms. The summed E-state index contributed by atoms with van der Waals surface area (Å²) < 4.78 is 38.7. The number of carbonyl (C=O) groups excluding carboxylic acids is 1. The Kier molecular flexibility index (Phi) is 6.43. The van der Waals surface area contributed by atoms with Crippen LogP contribution in [-0.2, 0) is 9.53 Å². The number of hydrogen-bond donors (Lipinski definition) is 1. The van der Waals surface area contributed by atoms with Crippen LogP contribution in [0.25, 0.3) is 0 Å². The Hall–Kier alpha value is -2.33. The fraction of sp³-hybridized carbons (Fsp3) is 0.357. The van der Waals surface area contributed by atoms with E-state index in [2.05, 4.69) is 20.7 Å². The second-order valence-electron chi connectivity index (χ2n) is 3.83. The van der Waals surface area contributed by atoms with E-state index >= 15 is 0 Å². The zero-order valence-corrected chi connectivity index (χ0v) is 11.6. The predicted octanol–water partition coefficient (Wildman–Crippen LogP) is 1.73. The van der Waals surface area contributed by atoms with Gasteiger partial charge in [0.05, 0.1) is 20.8 Å².